The Morgan fingerprint density at radius 3 is 1.39 bits per heavy atom. The maximum absolute atomic E-state index is 12.8. The molecule has 0 aliphatic carbocycles. The second-order valence-corrected chi connectivity index (χ2v) is 18.5. The molecule has 2 N–H and O–H groups in total. The lowest BCUT2D eigenvalue weighted by atomic mass is 10.1. The van der Waals surface area contributed by atoms with E-state index >= 15 is 0 Å². The van der Waals surface area contributed by atoms with Gasteiger partial charge in [-0.15, -0.1) is 0 Å². The molecule has 0 radical (unpaired) electrons. The van der Waals surface area contributed by atoms with Crippen molar-refractivity contribution in [3.8, 4) is 0 Å². The van der Waals surface area contributed by atoms with E-state index in [-0.39, 0.29) is 12.5 Å². The summed E-state index contributed by atoms with van der Waals surface area (Å²) in [6.45, 7) is 4.36. The summed E-state index contributed by atoms with van der Waals surface area (Å²) in [5, 5.41) is 13.6. The molecule has 362 valence electrons. The van der Waals surface area contributed by atoms with E-state index in [0.29, 0.717) is 17.4 Å². The molecule has 8 nitrogen and oxygen atoms in total. The number of amides is 1. The number of unbranched alkanes of at least 4 members (excludes halogenated alkanes) is 9. The molecule has 0 fully saturated rings. The number of quaternary nitrogens is 1. The topological polar surface area (TPSA) is 108 Å². The lowest BCUT2D eigenvalue weighted by Crippen LogP contribution is -2.45. The Labute approximate surface area is 392 Å². The van der Waals surface area contributed by atoms with Gasteiger partial charge in [0.15, 0.2) is 0 Å². The molecule has 0 rings (SSSR count). The summed E-state index contributed by atoms with van der Waals surface area (Å²) in [6, 6.07) is -0.900. The highest BCUT2D eigenvalue weighted by atomic mass is 31.2. The Balaban J connectivity index is 4.04. The van der Waals surface area contributed by atoms with Crippen LogP contribution >= 0.6 is 7.82 Å². The highest BCUT2D eigenvalue weighted by Crippen LogP contribution is 2.38. The van der Waals surface area contributed by atoms with E-state index in [1.165, 1.54) is 0 Å². The van der Waals surface area contributed by atoms with Crippen LogP contribution in [0.4, 0.5) is 0 Å². The molecular weight excluding hydrogens is 816 g/mol. The number of nitrogens with one attached hydrogen (secondary N) is 1. The molecular formula is C55H91N2O6P. The Bertz CT molecular complexity index is 1490. The molecule has 0 heterocycles. The first-order valence-corrected chi connectivity index (χ1v) is 26.0. The minimum atomic E-state index is -4.59. The van der Waals surface area contributed by atoms with Gasteiger partial charge in [-0.05, 0) is 96.3 Å². The number of aliphatic hydroxyl groups excluding tert-OH is 1. The number of likely N-dealkylation sites (N-methyl/N-ethyl adjacent to an activating group) is 1. The van der Waals surface area contributed by atoms with E-state index < -0.39 is 26.6 Å². The zero-order chi connectivity index (χ0) is 47.1. The summed E-state index contributed by atoms with van der Waals surface area (Å²) in [4.78, 5) is 25.1. The second-order valence-electron chi connectivity index (χ2n) is 17.1. The summed E-state index contributed by atoms with van der Waals surface area (Å²) < 4.78 is 23.0. The number of carbonyl (C=O) groups excluding carboxylic acids is 1. The van der Waals surface area contributed by atoms with E-state index in [2.05, 4.69) is 141 Å². The van der Waals surface area contributed by atoms with Crippen LogP contribution in [0.2, 0.25) is 0 Å². The van der Waals surface area contributed by atoms with E-state index in [4.69, 9.17) is 9.05 Å². The zero-order valence-corrected chi connectivity index (χ0v) is 41.8. The van der Waals surface area contributed by atoms with Crippen LogP contribution in [-0.2, 0) is 18.4 Å². The predicted octanol–water partition coefficient (Wildman–Crippen LogP) is 13.8. The SMILES string of the molecule is CC/C=C\C/C=C\C/C=C\C/C=C\C/C=C\C/C=C\C/C=C\C/C=C\C/C=C\C/C=C\CCCCCCCCC(=O)NC(COP(=O)([O-])OCC[N+](C)(C)C)C(O)/C=C/CCCCC. The van der Waals surface area contributed by atoms with Crippen molar-refractivity contribution >= 4 is 13.7 Å². The van der Waals surface area contributed by atoms with Gasteiger partial charge in [-0.2, -0.15) is 0 Å². The van der Waals surface area contributed by atoms with Gasteiger partial charge in [0.2, 0.25) is 5.91 Å². The Kier molecular flexibility index (Phi) is 42.5. The number of allylic oxidation sites excluding steroid dienone is 21. The smallest absolute Gasteiger partial charge is 0.268 e. The van der Waals surface area contributed by atoms with Gasteiger partial charge in [-0.1, -0.05) is 186 Å². The summed E-state index contributed by atoms with van der Waals surface area (Å²) in [7, 11) is 1.22. The van der Waals surface area contributed by atoms with Crippen LogP contribution in [0.5, 0.6) is 0 Å². The molecule has 0 aliphatic rings. The second kappa shape index (κ2) is 44.8. The highest BCUT2D eigenvalue weighted by molar-refractivity contribution is 7.45. The molecule has 0 saturated heterocycles. The quantitative estimate of drug-likeness (QED) is 0.0273. The average molecular weight is 907 g/mol. The van der Waals surface area contributed by atoms with Crippen molar-refractivity contribution in [3.05, 3.63) is 134 Å². The van der Waals surface area contributed by atoms with Crippen LogP contribution in [0, 0.1) is 0 Å². The Morgan fingerprint density at radius 1 is 0.562 bits per heavy atom. The van der Waals surface area contributed by atoms with Crippen molar-refractivity contribution in [2.24, 2.45) is 0 Å². The van der Waals surface area contributed by atoms with Crippen molar-refractivity contribution in [1.29, 1.82) is 0 Å². The number of aliphatic hydroxyl groups is 1. The molecule has 0 bridgehead atoms. The molecule has 9 heteroatoms. The number of hydrogen-bond acceptors (Lipinski definition) is 6. The standard InChI is InChI=1S/C55H91N2O6P/c1-6-8-10-12-13-14-15-16-17-18-19-20-21-22-23-24-25-26-27-28-29-30-31-32-33-34-35-36-37-38-39-40-41-42-43-45-47-49-55(59)56-53(54(58)48-46-44-11-9-7-2)52-63-64(60,61)62-51-50-57(3,4)5/h8,10,13-14,16-17,19-20,22-23,25-26,28-29,31-32,34-35,37-38,46,48,53-54,58H,6-7,9,11-12,15,18,21,24,27,30,33,36,39-45,47,49-52H2,1-5H3,(H-,56,59,60,61)/b10-8-,14-13-,17-16-,20-19-,23-22-,26-25-,29-28-,32-31-,35-34-,38-37-,48-46+. The third kappa shape index (κ3) is 46.6. The van der Waals surface area contributed by atoms with E-state index in [0.717, 1.165) is 135 Å². The van der Waals surface area contributed by atoms with Gasteiger partial charge < -0.3 is 28.8 Å². The summed E-state index contributed by atoms with van der Waals surface area (Å²) >= 11 is 0. The summed E-state index contributed by atoms with van der Waals surface area (Å²) in [5.74, 6) is -0.227. The van der Waals surface area contributed by atoms with Gasteiger partial charge in [0.05, 0.1) is 39.9 Å². The van der Waals surface area contributed by atoms with Crippen molar-refractivity contribution in [2.75, 3.05) is 40.9 Å². The minimum Gasteiger partial charge on any atom is -0.756 e. The summed E-state index contributed by atoms with van der Waals surface area (Å²) in [6.07, 6.45) is 68.5. The number of phosphoric ester groups is 1. The summed E-state index contributed by atoms with van der Waals surface area (Å²) in [5.41, 5.74) is 0. The lowest BCUT2D eigenvalue weighted by molar-refractivity contribution is -0.870. The van der Waals surface area contributed by atoms with Gasteiger partial charge in [0, 0.05) is 6.42 Å². The average Bonchev–Trinajstić information content (AvgIpc) is 3.25. The molecule has 0 aromatic carbocycles. The van der Waals surface area contributed by atoms with Gasteiger partial charge in [0.25, 0.3) is 7.82 Å². The fourth-order valence-corrected chi connectivity index (χ4v) is 6.72. The first kappa shape index (κ1) is 60.6. The van der Waals surface area contributed by atoms with Gasteiger partial charge >= 0.3 is 0 Å². The van der Waals surface area contributed by atoms with E-state index in [1.807, 2.05) is 27.2 Å². The number of nitrogens with zero attached hydrogens (tertiary/aromatic N) is 1. The molecule has 0 saturated carbocycles. The fraction of sp³-hybridized carbons (Fsp3) is 0.582. The number of carbonyl (C=O) groups is 1. The largest absolute Gasteiger partial charge is 0.756 e. The predicted molar refractivity (Wildman–Crippen MR) is 274 cm³/mol. The highest BCUT2D eigenvalue weighted by Gasteiger charge is 2.23. The van der Waals surface area contributed by atoms with Gasteiger partial charge in [0.1, 0.15) is 13.2 Å². The molecule has 0 aliphatic heterocycles. The number of rotatable bonds is 42. The van der Waals surface area contributed by atoms with Crippen molar-refractivity contribution < 1.29 is 32.9 Å². The normalized spacial score (nSPS) is 15.3. The van der Waals surface area contributed by atoms with Crippen LogP contribution in [0.15, 0.2) is 134 Å². The third-order valence-corrected chi connectivity index (χ3v) is 10.8. The first-order valence-electron chi connectivity index (χ1n) is 24.5. The molecule has 0 spiro atoms. The monoisotopic (exact) mass is 907 g/mol. The third-order valence-electron chi connectivity index (χ3n) is 9.87. The molecule has 0 aromatic rings. The molecule has 1 amide bonds. The number of hydrogen-bond donors (Lipinski definition) is 2. The van der Waals surface area contributed by atoms with Gasteiger partial charge in [-0.25, -0.2) is 0 Å². The van der Waals surface area contributed by atoms with Gasteiger partial charge in [-0.3, -0.25) is 9.36 Å². The van der Waals surface area contributed by atoms with E-state index in [9.17, 15) is 19.4 Å². The molecule has 0 aromatic heterocycles. The van der Waals surface area contributed by atoms with E-state index in [1.54, 1.807) is 6.08 Å². The molecule has 3 unspecified atom stereocenters. The fourth-order valence-electron chi connectivity index (χ4n) is 6.00. The lowest BCUT2D eigenvalue weighted by Gasteiger charge is -2.29. The van der Waals surface area contributed by atoms with Crippen LogP contribution in [-0.4, -0.2) is 68.5 Å². The molecule has 64 heavy (non-hydrogen) atoms. The van der Waals surface area contributed by atoms with Crippen LogP contribution in [0.25, 0.3) is 0 Å². The first-order chi connectivity index (χ1) is 31.0. The number of phosphoric acid groups is 1. The Morgan fingerprint density at radius 2 is 0.953 bits per heavy atom. The maximum Gasteiger partial charge on any atom is 0.268 e. The van der Waals surface area contributed by atoms with Crippen molar-refractivity contribution in [3.63, 3.8) is 0 Å². The Hall–Kier alpha value is -3.36. The van der Waals surface area contributed by atoms with Crippen LogP contribution in [0.1, 0.15) is 155 Å². The zero-order valence-electron chi connectivity index (χ0n) is 40.9. The van der Waals surface area contributed by atoms with Crippen molar-refractivity contribution in [2.45, 2.75) is 167 Å². The van der Waals surface area contributed by atoms with Crippen molar-refractivity contribution in [1.82, 2.24) is 5.32 Å². The van der Waals surface area contributed by atoms with Crippen LogP contribution in [0.3, 0.4) is 0 Å². The molecule has 3 atom stereocenters. The maximum atomic E-state index is 12.8. The minimum absolute atomic E-state index is 0.0126. The van der Waals surface area contributed by atoms with Crippen LogP contribution < -0.4 is 10.2 Å².